The van der Waals surface area contributed by atoms with Crippen molar-refractivity contribution in [3.8, 4) is 5.75 Å². The summed E-state index contributed by atoms with van der Waals surface area (Å²) in [6.07, 6.45) is 7.11. The van der Waals surface area contributed by atoms with Crippen LogP contribution in [0.1, 0.15) is 71.6 Å². The largest absolute Gasteiger partial charge is 0.493 e. The number of allylic oxidation sites excluding steroid dienone is 4. The number of carbonyl (C=O) groups excluding carboxylic acids is 1. The van der Waals surface area contributed by atoms with Crippen LogP contribution in [0.15, 0.2) is 41.8 Å². The van der Waals surface area contributed by atoms with Crippen molar-refractivity contribution >= 4 is 6.41 Å². The third-order valence-corrected chi connectivity index (χ3v) is 4.70. The molecule has 1 aliphatic heterocycles. The first-order chi connectivity index (χ1) is 14.2. The molecule has 2 N–H and O–H groups in total. The third kappa shape index (κ3) is 10.6. The first-order valence-corrected chi connectivity index (χ1v) is 10.8. The Bertz CT molecular complexity index is 716. The molecule has 1 aliphatic rings. The molecule has 30 heavy (non-hydrogen) atoms. The zero-order valence-corrected chi connectivity index (χ0v) is 19.5. The molecule has 1 aromatic rings. The second kappa shape index (κ2) is 13.2. The van der Waals surface area contributed by atoms with E-state index in [4.69, 9.17) is 4.74 Å². The van der Waals surface area contributed by atoms with Crippen molar-refractivity contribution in [1.29, 1.82) is 0 Å². The zero-order valence-electron chi connectivity index (χ0n) is 19.5. The molecule has 0 saturated heterocycles. The number of hydrogen-bond acceptors (Lipinski definition) is 3. The lowest BCUT2D eigenvalue weighted by atomic mass is 9.86. The molecule has 0 bridgehead atoms. The lowest BCUT2D eigenvalue weighted by Gasteiger charge is -2.28. The summed E-state index contributed by atoms with van der Waals surface area (Å²) in [6, 6.07) is 6.93. The van der Waals surface area contributed by atoms with E-state index in [2.05, 4.69) is 49.6 Å². The Kier molecular flexibility index (Phi) is 11.4. The van der Waals surface area contributed by atoms with Crippen LogP contribution in [0.2, 0.25) is 0 Å². The Hall–Kier alpha value is -2.14. The number of hydrogen-bond donors (Lipinski definition) is 2. The average molecular weight is 419 g/mol. The fourth-order valence-corrected chi connectivity index (χ4v) is 3.30. The van der Waals surface area contributed by atoms with E-state index in [0.717, 1.165) is 56.7 Å². The predicted octanol–water partition coefficient (Wildman–Crippen LogP) is 5.65. The number of benzene rings is 1. The fourth-order valence-electron chi connectivity index (χ4n) is 3.30. The van der Waals surface area contributed by atoms with Gasteiger partial charge >= 0.3 is 0 Å². The summed E-state index contributed by atoms with van der Waals surface area (Å²) in [7, 11) is 0. The molecule has 1 heterocycles. The minimum atomic E-state index is -0.138. The van der Waals surface area contributed by atoms with Gasteiger partial charge < -0.3 is 15.4 Å². The molecule has 1 atom stereocenters. The Balaban J connectivity index is 0.000000479. The van der Waals surface area contributed by atoms with Crippen molar-refractivity contribution in [3.63, 3.8) is 0 Å². The molecule has 5 heteroatoms. The summed E-state index contributed by atoms with van der Waals surface area (Å²) >= 11 is 0. The van der Waals surface area contributed by atoms with Crippen LogP contribution in [-0.4, -0.2) is 26.1 Å². The van der Waals surface area contributed by atoms with Crippen LogP contribution in [0.4, 0.5) is 4.39 Å². The summed E-state index contributed by atoms with van der Waals surface area (Å²) in [5.41, 5.74) is 3.89. The minimum absolute atomic E-state index is 0.138. The van der Waals surface area contributed by atoms with E-state index in [9.17, 15) is 9.18 Å². The van der Waals surface area contributed by atoms with Crippen molar-refractivity contribution in [2.75, 3.05) is 19.7 Å². The maximum Gasteiger partial charge on any atom is 0.207 e. The van der Waals surface area contributed by atoms with Crippen LogP contribution in [0.3, 0.4) is 0 Å². The molecule has 0 unspecified atom stereocenters. The van der Waals surface area contributed by atoms with Gasteiger partial charge in [-0.15, -0.1) is 0 Å². The smallest absolute Gasteiger partial charge is 0.207 e. The number of ether oxygens (including phenoxy) is 1. The lowest BCUT2D eigenvalue weighted by Crippen LogP contribution is -2.29. The minimum Gasteiger partial charge on any atom is -0.493 e. The number of fused-ring (bicyclic) bond motifs is 1. The van der Waals surface area contributed by atoms with Crippen LogP contribution in [-0.2, 0) is 11.2 Å². The highest BCUT2D eigenvalue weighted by Crippen LogP contribution is 2.34. The van der Waals surface area contributed by atoms with E-state index in [0.29, 0.717) is 6.04 Å². The van der Waals surface area contributed by atoms with Crippen LogP contribution < -0.4 is 15.4 Å². The van der Waals surface area contributed by atoms with Gasteiger partial charge in [0, 0.05) is 24.6 Å². The van der Waals surface area contributed by atoms with Gasteiger partial charge in [-0.05, 0) is 63.3 Å². The van der Waals surface area contributed by atoms with E-state index in [1.54, 1.807) is 0 Å². The topological polar surface area (TPSA) is 50.4 Å². The van der Waals surface area contributed by atoms with E-state index in [-0.39, 0.29) is 11.2 Å². The van der Waals surface area contributed by atoms with Gasteiger partial charge in [-0.25, -0.2) is 4.39 Å². The standard InChI is InChI=1S/C18H28N2O2.C7H11F/c1-18(2,3)12-14-5-6-17-15(11-14)16(7-10-22-17)20-9-4-8-19-13-21;1-4-6(2)5-7(3)8/h5-6,11,13,16,20H,4,7-10,12H2,1-3H3,(H,19,21);4-5H,1-3H3/b;6-4-,7-5+/t16-;/m0./s1. The van der Waals surface area contributed by atoms with E-state index < -0.39 is 0 Å². The normalized spacial score (nSPS) is 16.7. The molecule has 1 amide bonds. The van der Waals surface area contributed by atoms with Gasteiger partial charge in [-0.2, -0.15) is 0 Å². The molecular weight excluding hydrogens is 379 g/mol. The monoisotopic (exact) mass is 418 g/mol. The molecule has 1 aromatic carbocycles. The highest BCUT2D eigenvalue weighted by molar-refractivity contribution is 5.45. The number of amides is 1. The molecule has 168 valence electrons. The summed E-state index contributed by atoms with van der Waals surface area (Å²) in [5, 5.41) is 6.29. The van der Waals surface area contributed by atoms with Gasteiger partial charge in [-0.3, -0.25) is 4.79 Å². The van der Waals surface area contributed by atoms with Crippen molar-refractivity contribution in [2.24, 2.45) is 5.41 Å². The average Bonchev–Trinajstić information content (AvgIpc) is 2.66. The van der Waals surface area contributed by atoms with Gasteiger partial charge in [-0.1, -0.05) is 44.6 Å². The summed E-state index contributed by atoms with van der Waals surface area (Å²) in [6.45, 7) is 14.3. The number of nitrogens with one attached hydrogen (secondary N) is 2. The van der Waals surface area contributed by atoms with Crippen molar-refractivity contribution < 1.29 is 13.9 Å². The van der Waals surface area contributed by atoms with Crippen LogP contribution >= 0.6 is 0 Å². The maximum absolute atomic E-state index is 12.0. The molecule has 4 nitrogen and oxygen atoms in total. The molecule has 2 rings (SSSR count). The van der Waals surface area contributed by atoms with Crippen molar-refractivity contribution in [1.82, 2.24) is 10.6 Å². The predicted molar refractivity (Wildman–Crippen MR) is 123 cm³/mol. The second-order valence-electron chi connectivity index (χ2n) is 8.94. The van der Waals surface area contributed by atoms with Crippen LogP contribution in [0, 0.1) is 5.41 Å². The van der Waals surface area contributed by atoms with E-state index in [1.165, 1.54) is 24.1 Å². The molecular formula is C25H39FN2O2. The van der Waals surface area contributed by atoms with Gasteiger partial charge in [0.05, 0.1) is 12.4 Å². The van der Waals surface area contributed by atoms with E-state index in [1.807, 2.05) is 19.9 Å². The van der Waals surface area contributed by atoms with Crippen molar-refractivity contribution in [3.05, 3.63) is 52.9 Å². The SMILES string of the molecule is C/C=C(C)\C=C(/C)F.CC(C)(C)Cc1ccc2c(c1)[C@@H](NCCCNC=O)CCO2. The Labute approximate surface area is 182 Å². The summed E-state index contributed by atoms with van der Waals surface area (Å²) in [5.74, 6) is 0.869. The molecule has 0 radical (unpaired) electrons. The molecule has 0 aromatic heterocycles. The number of carbonyl (C=O) groups is 1. The van der Waals surface area contributed by atoms with Crippen molar-refractivity contribution in [2.45, 2.75) is 66.8 Å². The quantitative estimate of drug-likeness (QED) is 0.326. The van der Waals surface area contributed by atoms with Crippen LogP contribution in [0.5, 0.6) is 5.75 Å². The number of rotatable bonds is 8. The zero-order chi connectivity index (χ0) is 22.6. The van der Waals surface area contributed by atoms with Gasteiger partial charge in [0.2, 0.25) is 6.41 Å². The Morgan fingerprint density at radius 2 is 2.00 bits per heavy atom. The first-order valence-electron chi connectivity index (χ1n) is 10.8. The summed E-state index contributed by atoms with van der Waals surface area (Å²) in [4.78, 5) is 10.2. The number of halogens is 1. The third-order valence-electron chi connectivity index (χ3n) is 4.70. The highest BCUT2D eigenvalue weighted by Gasteiger charge is 2.22. The van der Waals surface area contributed by atoms with Gasteiger partial charge in [0.15, 0.2) is 0 Å². The fraction of sp³-hybridized carbons (Fsp3) is 0.560. The van der Waals surface area contributed by atoms with Gasteiger partial charge in [0.1, 0.15) is 5.75 Å². The first kappa shape index (κ1) is 25.9. The van der Waals surface area contributed by atoms with E-state index >= 15 is 0 Å². The second-order valence-corrected chi connectivity index (χ2v) is 8.94. The molecule has 0 aliphatic carbocycles. The highest BCUT2D eigenvalue weighted by atomic mass is 19.1. The molecule has 0 saturated carbocycles. The summed E-state index contributed by atoms with van der Waals surface area (Å²) < 4.78 is 17.7. The Morgan fingerprint density at radius 3 is 2.57 bits per heavy atom. The lowest BCUT2D eigenvalue weighted by molar-refractivity contribution is -0.109. The molecule has 0 spiro atoms. The Morgan fingerprint density at radius 1 is 1.27 bits per heavy atom. The molecule has 0 fully saturated rings. The van der Waals surface area contributed by atoms with Gasteiger partial charge in [0.25, 0.3) is 0 Å². The maximum atomic E-state index is 12.0. The van der Waals surface area contributed by atoms with Crippen LogP contribution in [0.25, 0.3) is 0 Å².